The van der Waals surface area contributed by atoms with Crippen molar-refractivity contribution in [1.82, 2.24) is 0 Å². The van der Waals surface area contributed by atoms with E-state index in [0.29, 0.717) is 6.42 Å². The molecule has 3 heteroatoms. The van der Waals surface area contributed by atoms with Crippen molar-refractivity contribution in [2.75, 3.05) is 13.2 Å². The van der Waals surface area contributed by atoms with Crippen LogP contribution in [0.15, 0.2) is 23.8 Å². The average molecular weight is 280 g/mol. The van der Waals surface area contributed by atoms with Gasteiger partial charge in [0.1, 0.15) is 8.07 Å². The minimum Gasteiger partial charge on any atom is -0.396 e. The molecular weight excluding hydrogens is 252 g/mol. The molecule has 0 aliphatic rings. The molecule has 108 valence electrons. The maximum atomic E-state index is 9.04. The highest BCUT2D eigenvalue weighted by Crippen LogP contribution is 2.19. The third kappa shape index (κ3) is 7.37. The van der Waals surface area contributed by atoms with E-state index >= 15 is 0 Å². The summed E-state index contributed by atoms with van der Waals surface area (Å²) < 4.78 is 0. The summed E-state index contributed by atoms with van der Waals surface area (Å²) in [6.45, 7) is 6.94. The molecule has 0 radical (unpaired) electrons. The molecule has 0 saturated carbocycles. The molecule has 0 heterocycles. The number of aliphatic hydroxyl groups excluding tert-OH is 2. The number of aliphatic hydroxyl groups is 2. The third-order valence-corrected chi connectivity index (χ3v) is 8.37. The molecule has 0 aromatic rings. The van der Waals surface area contributed by atoms with Crippen molar-refractivity contribution >= 4 is 8.07 Å². The smallest absolute Gasteiger partial charge is 0.138 e. The molecule has 0 amide bonds. The van der Waals surface area contributed by atoms with Crippen molar-refractivity contribution in [2.45, 2.75) is 51.7 Å². The van der Waals surface area contributed by atoms with Crippen LogP contribution in [0.25, 0.3) is 0 Å². The Morgan fingerprint density at radius 2 is 1.68 bits per heavy atom. The normalized spacial score (nSPS) is 12.6. The first-order chi connectivity index (χ1) is 9.17. The van der Waals surface area contributed by atoms with Gasteiger partial charge in [-0.05, 0) is 37.0 Å². The summed E-state index contributed by atoms with van der Waals surface area (Å²) in [7, 11) is -1.41. The second kappa shape index (κ2) is 11.0. The molecule has 0 spiro atoms. The lowest BCUT2D eigenvalue weighted by Gasteiger charge is -2.20. The summed E-state index contributed by atoms with van der Waals surface area (Å²) in [6.07, 6.45) is 7.18. The van der Waals surface area contributed by atoms with E-state index in [-0.39, 0.29) is 13.2 Å². The summed E-state index contributed by atoms with van der Waals surface area (Å²) in [4.78, 5) is 0. The highest BCUT2D eigenvalue weighted by Gasteiger charge is 2.24. The van der Waals surface area contributed by atoms with Crippen LogP contribution in [0.1, 0.15) is 33.6 Å². The van der Waals surface area contributed by atoms with Gasteiger partial charge in [-0.15, -0.1) is 5.54 Å². The van der Waals surface area contributed by atoms with Gasteiger partial charge < -0.3 is 10.2 Å². The largest absolute Gasteiger partial charge is 0.396 e. The quantitative estimate of drug-likeness (QED) is 0.407. The molecule has 0 fully saturated rings. The molecule has 0 atom stereocenters. The second-order valence-electron chi connectivity index (χ2n) is 4.69. The second-order valence-corrected chi connectivity index (χ2v) is 9.62. The molecule has 0 aromatic carbocycles. The summed E-state index contributed by atoms with van der Waals surface area (Å²) in [5, 5.41) is 17.8. The molecule has 2 nitrogen and oxygen atoms in total. The predicted octanol–water partition coefficient (Wildman–Crippen LogP) is 3.28. The fourth-order valence-electron chi connectivity index (χ4n) is 1.93. The summed E-state index contributed by atoms with van der Waals surface area (Å²) in [5.74, 6) is 3.29. The van der Waals surface area contributed by atoms with Gasteiger partial charge in [0.2, 0.25) is 0 Å². The molecule has 0 unspecified atom stereocenters. The summed E-state index contributed by atoms with van der Waals surface area (Å²) >= 11 is 0. The molecule has 19 heavy (non-hydrogen) atoms. The highest BCUT2D eigenvalue weighted by molar-refractivity contribution is 6.87. The van der Waals surface area contributed by atoms with E-state index in [1.165, 1.54) is 18.1 Å². The lowest BCUT2D eigenvalue weighted by atomic mass is 10.1. The van der Waals surface area contributed by atoms with Crippen LogP contribution >= 0.6 is 0 Å². The van der Waals surface area contributed by atoms with E-state index in [2.05, 4.69) is 32.2 Å². The Labute approximate surface area is 119 Å². The van der Waals surface area contributed by atoms with Crippen LogP contribution in [0.3, 0.4) is 0 Å². The zero-order valence-corrected chi connectivity index (χ0v) is 13.6. The fraction of sp³-hybridized carbons (Fsp3) is 0.625. The first-order valence-electron chi connectivity index (χ1n) is 7.26. The number of hydrogen-bond acceptors (Lipinski definition) is 2. The third-order valence-electron chi connectivity index (χ3n) is 3.66. The molecular formula is C16H28O2Si. The maximum Gasteiger partial charge on any atom is 0.138 e. The van der Waals surface area contributed by atoms with Crippen molar-refractivity contribution in [2.24, 2.45) is 0 Å². The standard InChI is InChI=1S/C16H28O2Si/c1-4-19(5-2,6-3)15-12-16(11-14-18)10-8-7-9-13-17/h7-8,11,17-18H,4-6,9-10,13-14H2,1-3H3/b8-7+,16-11-. The number of rotatable bonds is 8. The molecule has 0 bridgehead atoms. The van der Waals surface area contributed by atoms with E-state index in [1.54, 1.807) is 6.08 Å². The molecule has 0 aromatic heterocycles. The van der Waals surface area contributed by atoms with Crippen molar-refractivity contribution in [3.8, 4) is 11.5 Å². The lowest BCUT2D eigenvalue weighted by molar-refractivity contribution is 0.302. The van der Waals surface area contributed by atoms with Crippen molar-refractivity contribution < 1.29 is 10.2 Å². The zero-order valence-electron chi connectivity index (χ0n) is 12.6. The van der Waals surface area contributed by atoms with E-state index in [0.717, 1.165) is 12.0 Å². The highest BCUT2D eigenvalue weighted by atomic mass is 28.3. The summed E-state index contributed by atoms with van der Waals surface area (Å²) in [5.41, 5.74) is 4.52. The Morgan fingerprint density at radius 3 is 2.16 bits per heavy atom. The van der Waals surface area contributed by atoms with Crippen LogP contribution in [-0.4, -0.2) is 31.5 Å². The molecule has 0 aliphatic carbocycles. The van der Waals surface area contributed by atoms with Gasteiger partial charge in [-0.3, -0.25) is 0 Å². The van der Waals surface area contributed by atoms with Crippen molar-refractivity contribution in [1.29, 1.82) is 0 Å². The Morgan fingerprint density at radius 1 is 1.05 bits per heavy atom. The first kappa shape index (κ1) is 18.2. The molecule has 2 N–H and O–H groups in total. The molecule has 0 rings (SSSR count). The SMILES string of the molecule is CC[Si](C#C/C(=C\CO)C/C=C/CCO)(CC)CC. The topological polar surface area (TPSA) is 40.5 Å². The molecule has 0 saturated heterocycles. The Hall–Kier alpha value is -0.823. The minimum absolute atomic E-state index is 0.0385. The van der Waals surface area contributed by atoms with Gasteiger partial charge in [0.25, 0.3) is 0 Å². The van der Waals surface area contributed by atoms with E-state index in [9.17, 15) is 0 Å². The minimum atomic E-state index is -1.41. The van der Waals surface area contributed by atoms with Crippen molar-refractivity contribution in [3.63, 3.8) is 0 Å². The monoisotopic (exact) mass is 280 g/mol. The van der Waals surface area contributed by atoms with Crippen LogP contribution in [0, 0.1) is 11.5 Å². The number of allylic oxidation sites excluding steroid dienone is 2. The van der Waals surface area contributed by atoms with E-state index < -0.39 is 8.07 Å². The van der Waals surface area contributed by atoms with Crippen LogP contribution in [0.5, 0.6) is 0 Å². The van der Waals surface area contributed by atoms with Crippen LogP contribution in [0.4, 0.5) is 0 Å². The Bertz CT molecular complexity index is 335. The van der Waals surface area contributed by atoms with Gasteiger partial charge in [-0.25, -0.2) is 0 Å². The van der Waals surface area contributed by atoms with Gasteiger partial charge in [0.05, 0.1) is 6.61 Å². The predicted molar refractivity (Wildman–Crippen MR) is 85.6 cm³/mol. The van der Waals surface area contributed by atoms with Crippen LogP contribution in [0.2, 0.25) is 18.1 Å². The number of hydrogen-bond donors (Lipinski definition) is 2. The fourth-order valence-corrected chi connectivity index (χ4v) is 4.38. The zero-order chi connectivity index (χ0) is 14.6. The van der Waals surface area contributed by atoms with Gasteiger partial charge in [-0.1, -0.05) is 38.8 Å². The van der Waals surface area contributed by atoms with Gasteiger partial charge in [0.15, 0.2) is 0 Å². The van der Waals surface area contributed by atoms with E-state index in [4.69, 9.17) is 10.2 Å². The first-order valence-corrected chi connectivity index (χ1v) is 9.89. The Balaban J connectivity index is 4.80. The average Bonchev–Trinajstić information content (AvgIpc) is 2.45. The van der Waals surface area contributed by atoms with Crippen molar-refractivity contribution in [3.05, 3.63) is 23.8 Å². The van der Waals surface area contributed by atoms with Crippen LogP contribution in [-0.2, 0) is 0 Å². The van der Waals surface area contributed by atoms with Gasteiger partial charge >= 0.3 is 0 Å². The molecule has 0 aliphatic heterocycles. The Kier molecular flexibility index (Phi) is 10.6. The maximum absolute atomic E-state index is 9.04. The van der Waals surface area contributed by atoms with E-state index in [1.807, 2.05) is 12.2 Å². The lowest BCUT2D eigenvalue weighted by Crippen LogP contribution is -2.29. The van der Waals surface area contributed by atoms with Gasteiger partial charge in [-0.2, -0.15) is 0 Å². The van der Waals surface area contributed by atoms with Gasteiger partial charge in [0, 0.05) is 12.2 Å². The van der Waals surface area contributed by atoms with Crippen LogP contribution < -0.4 is 0 Å². The summed E-state index contributed by atoms with van der Waals surface area (Å²) in [6, 6.07) is 3.58.